The van der Waals surface area contributed by atoms with Gasteiger partial charge in [-0.15, -0.1) is 0 Å². The molecular formula is C12H9F2NO5. The van der Waals surface area contributed by atoms with Crippen LogP contribution in [0.1, 0.15) is 27.6 Å². The minimum absolute atomic E-state index is 0.366. The van der Waals surface area contributed by atoms with Crippen LogP contribution in [0.5, 0.6) is 0 Å². The summed E-state index contributed by atoms with van der Waals surface area (Å²) >= 11 is 0. The number of β-amino-alcohol motifs (C(OH)–C–C–N with tert-alkyl or cyclic N) is 1. The van der Waals surface area contributed by atoms with E-state index >= 15 is 0 Å². The minimum Gasteiger partial charge on any atom is -0.479 e. The van der Waals surface area contributed by atoms with E-state index in [1.165, 1.54) is 0 Å². The number of carboxylic acid groups (broad SMARTS) is 1. The molecule has 0 spiro atoms. The van der Waals surface area contributed by atoms with Crippen LogP contribution in [-0.4, -0.2) is 45.0 Å². The first kappa shape index (κ1) is 14.1. The molecule has 0 bridgehead atoms. The molecule has 0 aromatic heterocycles. The van der Waals surface area contributed by atoms with Gasteiger partial charge in [0.25, 0.3) is 11.8 Å². The molecule has 1 aromatic carbocycles. The monoisotopic (exact) mass is 285 g/mol. The molecule has 1 aliphatic heterocycles. The van der Waals surface area contributed by atoms with Gasteiger partial charge in [0.05, 0.1) is 17.7 Å². The van der Waals surface area contributed by atoms with Crippen LogP contribution in [0.3, 0.4) is 0 Å². The highest BCUT2D eigenvalue weighted by atomic mass is 19.2. The maximum Gasteiger partial charge on any atom is 0.337 e. The van der Waals surface area contributed by atoms with Crippen molar-refractivity contribution in [2.75, 3.05) is 6.54 Å². The Kier molecular flexibility index (Phi) is 3.05. The molecule has 6 nitrogen and oxygen atoms in total. The number of amides is 2. The highest BCUT2D eigenvalue weighted by Crippen LogP contribution is 2.26. The number of benzene rings is 1. The Balaban J connectivity index is 2.40. The fourth-order valence-corrected chi connectivity index (χ4v) is 1.80. The number of nitrogens with zero attached hydrogens (tertiary/aromatic N) is 1. The van der Waals surface area contributed by atoms with Gasteiger partial charge in [-0.2, -0.15) is 0 Å². The second-order valence-electron chi connectivity index (χ2n) is 4.59. The van der Waals surface area contributed by atoms with E-state index in [-0.39, 0.29) is 11.1 Å². The smallest absolute Gasteiger partial charge is 0.337 e. The summed E-state index contributed by atoms with van der Waals surface area (Å²) in [6.07, 6.45) is 0. The number of hydrogen-bond donors (Lipinski definition) is 2. The SMILES string of the molecule is CC(O)(CN1C(=O)c2cc(F)c(F)cc2C1=O)C(=O)O. The van der Waals surface area contributed by atoms with E-state index < -0.39 is 41.6 Å². The number of fused-ring (bicyclic) bond motifs is 1. The maximum absolute atomic E-state index is 13.1. The number of halogens is 2. The molecule has 1 atom stereocenters. The van der Waals surface area contributed by atoms with E-state index in [0.717, 1.165) is 6.92 Å². The van der Waals surface area contributed by atoms with Crippen LogP contribution in [0.4, 0.5) is 8.78 Å². The molecule has 8 heteroatoms. The van der Waals surface area contributed by atoms with Crippen molar-refractivity contribution >= 4 is 17.8 Å². The summed E-state index contributed by atoms with van der Waals surface area (Å²) < 4.78 is 26.1. The Hall–Kier alpha value is -2.35. The molecule has 0 saturated carbocycles. The van der Waals surface area contributed by atoms with Crippen LogP contribution in [0, 0.1) is 11.6 Å². The van der Waals surface area contributed by atoms with Gasteiger partial charge < -0.3 is 10.2 Å². The summed E-state index contributed by atoms with van der Waals surface area (Å²) in [4.78, 5) is 35.0. The number of carboxylic acids is 1. The van der Waals surface area contributed by atoms with Crippen molar-refractivity contribution in [2.45, 2.75) is 12.5 Å². The quantitative estimate of drug-likeness (QED) is 0.784. The molecule has 2 amide bonds. The maximum atomic E-state index is 13.1. The summed E-state index contributed by atoms with van der Waals surface area (Å²) in [5.41, 5.74) is -3.09. The average Bonchev–Trinajstić information content (AvgIpc) is 2.55. The predicted octanol–water partition coefficient (Wildman–Crippen LogP) is 0.396. The summed E-state index contributed by atoms with van der Waals surface area (Å²) in [6, 6.07) is 1.14. The first-order valence-electron chi connectivity index (χ1n) is 5.46. The lowest BCUT2D eigenvalue weighted by Gasteiger charge is -2.23. The predicted molar refractivity (Wildman–Crippen MR) is 60.0 cm³/mol. The lowest BCUT2D eigenvalue weighted by atomic mass is 10.1. The third-order valence-electron chi connectivity index (χ3n) is 2.94. The van der Waals surface area contributed by atoms with Crippen LogP contribution in [0.15, 0.2) is 12.1 Å². The van der Waals surface area contributed by atoms with Crippen LogP contribution in [-0.2, 0) is 4.79 Å². The molecule has 0 saturated heterocycles. The van der Waals surface area contributed by atoms with Crippen molar-refractivity contribution in [2.24, 2.45) is 0 Å². The van der Waals surface area contributed by atoms with Crippen molar-refractivity contribution < 1.29 is 33.4 Å². The molecule has 1 unspecified atom stereocenters. The number of hydrogen-bond acceptors (Lipinski definition) is 4. The van der Waals surface area contributed by atoms with Gasteiger partial charge in [-0.25, -0.2) is 13.6 Å². The number of carbonyl (C=O) groups is 3. The summed E-state index contributed by atoms with van der Waals surface area (Å²) in [5, 5.41) is 18.3. The first-order chi connectivity index (χ1) is 9.15. The minimum atomic E-state index is -2.36. The van der Waals surface area contributed by atoms with Crippen molar-refractivity contribution in [3.63, 3.8) is 0 Å². The molecule has 1 aliphatic rings. The van der Waals surface area contributed by atoms with Gasteiger partial charge in [0.1, 0.15) is 0 Å². The Labute approximate surface area is 111 Å². The molecule has 0 radical (unpaired) electrons. The Bertz CT molecular complexity index is 600. The van der Waals surface area contributed by atoms with Gasteiger partial charge in [-0.3, -0.25) is 14.5 Å². The van der Waals surface area contributed by atoms with E-state index in [2.05, 4.69) is 0 Å². The fraction of sp³-hybridized carbons (Fsp3) is 0.250. The summed E-state index contributed by atoms with van der Waals surface area (Å²) in [7, 11) is 0. The molecule has 2 N–H and O–H groups in total. The van der Waals surface area contributed by atoms with Crippen molar-refractivity contribution in [1.82, 2.24) is 4.90 Å². The molecule has 1 aromatic rings. The van der Waals surface area contributed by atoms with Gasteiger partial charge in [0.15, 0.2) is 17.2 Å². The molecule has 2 rings (SSSR count). The van der Waals surface area contributed by atoms with E-state index in [1.54, 1.807) is 0 Å². The Morgan fingerprint density at radius 2 is 1.60 bits per heavy atom. The number of aliphatic carboxylic acids is 1. The van der Waals surface area contributed by atoms with E-state index in [9.17, 15) is 28.3 Å². The molecule has 0 aliphatic carbocycles. The van der Waals surface area contributed by atoms with Gasteiger partial charge in [-0.1, -0.05) is 0 Å². The zero-order valence-electron chi connectivity index (χ0n) is 10.2. The van der Waals surface area contributed by atoms with E-state index in [1.807, 2.05) is 0 Å². The van der Waals surface area contributed by atoms with Crippen LogP contribution in [0.2, 0.25) is 0 Å². The van der Waals surface area contributed by atoms with E-state index in [4.69, 9.17) is 5.11 Å². The van der Waals surface area contributed by atoms with Gasteiger partial charge in [0, 0.05) is 0 Å². The summed E-state index contributed by atoms with van der Waals surface area (Å²) in [5.74, 6) is -6.18. The largest absolute Gasteiger partial charge is 0.479 e. The highest BCUT2D eigenvalue weighted by Gasteiger charge is 2.43. The van der Waals surface area contributed by atoms with Crippen LogP contribution >= 0.6 is 0 Å². The third kappa shape index (κ3) is 2.03. The van der Waals surface area contributed by atoms with Gasteiger partial charge in [0.2, 0.25) is 0 Å². The van der Waals surface area contributed by atoms with Crippen molar-refractivity contribution in [1.29, 1.82) is 0 Å². The highest BCUT2D eigenvalue weighted by molar-refractivity contribution is 6.21. The number of carbonyl (C=O) groups excluding carboxylic acids is 2. The lowest BCUT2D eigenvalue weighted by molar-refractivity contribution is -0.157. The molecule has 106 valence electrons. The topological polar surface area (TPSA) is 94.9 Å². The van der Waals surface area contributed by atoms with Crippen LogP contribution in [0.25, 0.3) is 0 Å². The number of imide groups is 1. The normalized spacial score (nSPS) is 17.1. The van der Waals surface area contributed by atoms with Gasteiger partial charge in [-0.05, 0) is 19.1 Å². The fourth-order valence-electron chi connectivity index (χ4n) is 1.80. The molecule has 0 fully saturated rings. The number of aliphatic hydroxyl groups is 1. The Morgan fingerprint density at radius 3 is 1.95 bits per heavy atom. The van der Waals surface area contributed by atoms with Crippen molar-refractivity contribution in [3.05, 3.63) is 34.9 Å². The molecular weight excluding hydrogens is 276 g/mol. The lowest BCUT2D eigenvalue weighted by Crippen LogP contribution is -2.48. The standard InChI is InChI=1S/C12H9F2NO5/c1-12(20,11(18)19)4-15-9(16)5-2-7(13)8(14)3-6(5)10(15)17/h2-3,20H,4H2,1H3,(H,18,19). The zero-order chi connectivity index (χ0) is 15.2. The second kappa shape index (κ2) is 4.34. The number of rotatable bonds is 3. The van der Waals surface area contributed by atoms with Gasteiger partial charge >= 0.3 is 5.97 Å². The average molecular weight is 285 g/mol. The van der Waals surface area contributed by atoms with Crippen LogP contribution < -0.4 is 0 Å². The first-order valence-corrected chi connectivity index (χ1v) is 5.46. The molecule has 20 heavy (non-hydrogen) atoms. The third-order valence-corrected chi connectivity index (χ3v) is 2.94. The summed E-state index contributed by atoms with van der Waals surface area (Å²) in [6.45, 7) is 0.0813. The molecule has 1 heterocycles. The Morgan fingerprint density at radius 1 is 1.20 bits per heavy atom. The zero-order valence-corrected chi connectivity index (χ0v) is 10.2. The second-order valence-corrected chi connectivity index (χ2v) is 4.59. The van der Waals surface area contributed by atoms with Crippen molar-refractivity contribution in [3.8, 4) is 0 Å². The van der Waals surface area contributed by atoms with E-state index in [0.29, 0.717) is 17.0 Å².